The van der Waals surface area contributed by atoms with Crippen molar-refractivity contribution in [1.82, 2.24) is 0 Å². The van der Waals surface area contributed by atoms with E-state index in [0.29, 0.717) is 0 Å². The summed E-state index contributed by atoms with van der Waals surface area (Å²) in [5, 5.41) is 0. The third kappa shape index (κ3) is 16.0. The molecule has 0 aromatic heterocycles. The first-order valence-corrected chi connectivity index (χ1v) is 29.2. The molecule has 0 saturated heterocycles. The fourth-order valence-corrected chi connectivity index (χ4v) is 11.7. The first-order chi connectivity index (χ1) is 35.3. The van der Waals surface area contributed by atoms with E-state index in [4.69, 9.17) is 4.74 Å². The highest BCUT2D eigenvalue weighted by atomic mass is 79.9. The van der Waals surface area contributed by atoms with Crippen LogP contribution in [0.4, 0.5) is 4.39 Å². The van der Waals surface area contributed by atoms with Gasteiger partial charge in [-0.05, 0) is 255 Å². The Morgan fingerprint density at radius 1 is 0.329 bits per heavy atom. The highest BCUT2D eigenvalue weighted by Crippen LogP contribution is 2.39. The van der Waals surface area contributed by atoms with Crippen LogP contribution in [0, 0.1) is 95.8 Å². The summed E-state index contributed by atoms with van der Waals surface area (Å²) in [6, 6.07) is 40.8. The molecule has 0 heterocycles. The molecule has 400 valence electrons. The number of hydrogen-bond acceptors (Lipinski definition) is 1. The Morgan fingerprint density at radius 2 is 0.684 bits per heavy atom. The molecule has 0 aliphatic heterocycles. The monoisotopic (exact) mass is 1270 g/mol. The summed E-state index contributed by atoms with van der Waals surface area (Å²) in [5.41, 5.74) is 28.9. The molecule has 0 aliphatic carbocycles. The Hall–Kier alpha value is -4.59. The molecule has 0 bridgehead atoms. The van der Waals surface area contributed by atoms with Crippen LogP contribution in [0.1, 0.15) is 125 Å². The Bertz CT molecular complexity index is 3330. The van der Waals surface area contributed by atoms with Crippen molar-refractivity contribution in [2.24, 2.45) is 0 Å². The molecular weight excluding hydrogens is 1200 g/mol. The van der Waals surface area contributed by atoms with E-state index in [1.165, 1.54) is 126 Å². The minimum atomic E-state index is -0.212. The third-order valence-corrected chi connectivity index (χ3v) is 17.2. The minimum Gasteiger partial charge on any atom is -0.496 e. The molecule has 8 rings (SSSR count). The fourth-order valence-electron chi connectivity index (χ4n) is 9.59. The second kappa shape index (κ2) is 25.9. The molecule has 8 aromatic carbocycles. The Morgan fingerprint density at radius 3 is 1.09 bits per heavy atom. The van der Waals surface area contributed by atoms with Crippen molar-refractivity contribution in [1.29, 1.82) is 0 Å². The highest BCUT2D eigenvalue weighted by Gasteiger charge is 2.22. The average Bonchev–Trinajstić information content (AvgIpc) is 3.30. The third-order valence-electron chi connectivity index (χ3n) is 13.9. The van der Waals surface area contributed by atoms with Gasteiger partial charge in [-0.1, -0.05) is 195 Å². The molecule has 0 amide bonds. The SMILES string of the molecule is COc1c(C)cc(-c2cc(C)cc(Br)c2C)cc1C.Cc1c(Br)cc(F)cc1-c1cc(C(C)(C)C)cc(C(C)(C)C)c1.Cc1cc(C)cc(-c2cc(C)cc(Br)c2C)c1.Cc1ccc(-c2cc(C)cc(Br)c2C)c(C)c1. The van der Waals surface area contributed by atoms with Gasteiger partial charge >= 0.3 is 0 Å². The molecule has 0 spiro atoms. The van der Waals surface area contributed by atoms with Crippen molar-refractivity contribution < 1.29 is 9.13 Å². The zero-order chi connectivity index (χ0) is 56.9. The van der Waals surface area contributed by atoms with E-state index in [0.717, 1.165) is 31.4 Å². The molecule has 0 atom stereocenters. The van der Waals surface area contributed by atoms with E-state index in [-0.39, 0.29) is 16.6 Å². The van der Waals surface area contributed by atoms with Crippen molar-refractivity contribution in [3.05, 3.63) is 222 Å². The lowest BCUT2D eigenvalue weighted by Crippen LogP contribution is -2.16. The Kier molecular flexibility index (Phi) is 21.2. The molecule has 76 heavy (non-hydrogen) atoms. The first kappa shape index (κ1) is 62.3. The summed E-state index contributed by atoms with van der Waals surface area (Å²) < 4.78 is 23.7. The standard InChI is InChI=1S/C21H26BrF.C17H19BrO.2C16H17Br/c1-13-18(11-17(23)12-19(13)22)14-8-15(20(2,3)4)10-16(9-14)21(5,6)7;1-10-6-15(13(4)16(18)7-10)14-8-11(2)17(19-5)12(3)9-14;1-10-5-11(2)7-14(6-10)15-8-12(3)9-16(17)13(15)4;1-10-5-6-14(12(3)7-10)15-8-11(2)9-16(17)13(15)4/h8-12H,1-7H3;6-9H,1-5H3;2*5-9H,1-4H3. The summed E-state index contributed by atoms with van der Waals surface area (Å²) in [7, 11) is 1.73. The number of rotatable bonds is 5. The maximum absolute atomic E-state index is 13.9. The predicted octanol–water partition coefficient (Wildman–Crippen LogP) is 23.2. The van der Waals surface area contributed by atoms with Crippen LogP contribution in [0.25, 0.3) is 44.5 Å². The summed E-state index contributed by atoms with van der Waals surface area (Å²) in [4.78, 5) is 0. The molecule has 0 unspecified atom stereocenters. The molecule has 1 nitrogen and oxygen atoms in total. The lowest BCUT2D eigenvalue weighted by Gasteiger charge is -2.26. The molecule has 0 radical (unpaired) electrons. The zero-order valence-electron chi connectivity index (χ0n) is 48.8. The van der Waals surface area contributed by atoms with Crippen LogP contribution in [0.5, 0.6) is 5.75 Å². The number of benzene rings is 8. The largest absolute Gasteiger partial charge is 0.496 e. The first-order valence-electron chi connectivity index (χ1n) is 26.0. The maximum Gasteiger partial charge on any atom is 0.124 e. The van der Waals surface area contributed by atoms with Gasteiger partial charge in [0.2, 0.25) is 0 Å². The number of halogens is 5. The lowest BCUT2D eigenvalue weighted by atomic mass is 9.78. The van der Waals surface area contributed by atoms with E-state index < -0.39 is 0 Å². The Labute approximate surface area is 491 Å². The van der Waals surface area contributed by atoms with Gasteiger partial charge < -0.3 is 4.74 Å². The summed E-state index contributed by atoms with van der Waals surface area (Å²) >= 11 is 14.4. The van der Waals surface area contributed by atoms with E-state index in [1.807, 2.05) is 6.92 Å². The predicted molar refractivity (Wildman–Crippen MR) is 344 cm³/mol. The minimum absolute atomic E-state index is 0.0501. The highest BCUT2D eigenvalue weighted by molar-refractivity contribution is 9.11. The van der Waals surface area contributed by atoms with Crippen LogP contribution in [-0.4, -0.2) is 7.11 Å². The summed E-state index contributed by atoms with van der Waals surface area (Å²) in [6.45, 7) is 41.0. The maximum atomic E-state index is 13.9. The Balaban J connectivity index is 0.000000189. The van der Waals surface area contributed by atoms with E-state index in [1.54, 1.807) is 13.2 Å². The van der Waals surface area contributed by atoms with Crippen molar-refractivity contribution >= 4 is 63.7 Å². The quantitative estimate of drug-likeness (QED) is 0.167. The van der Waals surface area contributed by atoms with Gasteiger partial charge in [-0.2, -0.15) is 0 Å². The fraction of sp³-hybridized carbons (Fsp3) is 0.314. The van der Waals surface area contributed by atoms with Crippen LogP contribution in [0.2, 0.25) is 0 Å². The van der Waals surface area contributed by atoms with Crippen LogP contribution in [0.15, 0.2) is 133 Å². The normalized spacial score (nSPS) is 11.2. The molecule has 0 saturated carbocycles. The van der Waals surface area contributed by atoms with Crippen LogP contribution >= 0.6 is 63.7 Å². The molecule has 0 aliphatic rings. The molecule has 6 heteroatoms. The van der Waals surface area contributed by atoms with Crippen molar-refractivity contribution in [2.45, 2.75) is 142 Å². The van der Waals surface area contributed by atoms with E-state index in [9.17, 15) is 4.39 Å². The molecule has 0 fully saturated rings. The topological polar surface area (TPSA) is 9.23 Å². The van der Waals surface area contributed by atoms with Crippen molar-refractivity contribution in [2.75, 3.05) is 7.11 Å². The number of aryl methyl sites for hydroxylation is 9. The van der Waals surface area contributed by atoms with Crippen LogP contribution in [0.3, 0.4) is 0 Å². The number of ether oxygens (including phenoxy) is 1. The van der Waals surface area contributed by atoms with Crippen LogP contribution in [-0.2, 0) is 10.8 Å². The van der Waals surface area contributed by atoms with Gasteiger partial charge in [-0.25, -0.2) is 4.39 Å². The lowest BCUT2D eigenvalue weighted by molar-refractivity contribution is 0.408. The van der Waals surface area contributed by atoms with Crippen LogP contribution < -0.4 is 4.74 Å². The summed E-state index contributed by atoms with van der Waals surface area (Å²) in [5.74, 6) is 0.768. The molecule has 8 aromatic rings. The second-order valence-electron chi connectivity index (χ2n) is 23.0. The van der Waals surface area contributed by atoms with Gasteiger partial charge in [0.1, 0.15) is 11.6 Å². The van der Waals surface area contributed by atoms with Gasteiger partial charge in [0, 0.05) is 17.9 Å². The smallest absolute Gasteiger partial charge is 0.124 e. The second-order valence-corrected chi connectivity index (χ2v) is 26.4. The van der Waals surface area contributed by atoms with Gasteiger partial charge in [0.25, 0.3) is 0 Å². The number of methoxy groups -OCH3 is 1. The van der Waals surface area contributed by atoms with Crippen molar-refractivity contribution in [3.8, 4) is 50.3 Å². The zero-order valence-corrected chi connectivity index (χ0v) is 55.1. The van der Waals surface area contributed by atoms with E-state index in [2.05, 4.69) is 291 Å². The van der Waals surface area contributed by atoms with Gasteiger partial charge in [-0.3, -0.25) is 0 Å². The van der Waals surface area contributed by atoms with Gasteiger partial charge in [0.15, 0.2) is 0 Å². The van der Waals surface area contributed by atoms with Crippen molar-refractivity contribution in [3.63, 3.8) is 0 Å². The van der Waals surface area contributed by atoms with Gasteiger partial charge in [0.05, 0.1) is 7.11 Å². The summed E-state index contributed by atoms with van der Waals surface area (Å²) in [6.07, 6.45) is 0. The molecule has 0 N–H and O–H groups in total. The average molecular weight is 1280 g/mol. The molecular formula is C70H79Br4FO. The number of hydrogen-bond donors (Lipinski definition) is 0. The van der Waals surface area contributed by atoms with E-state index >= 15 is 0 Å². The van der Waals surface area contributed by atoms with Gasteiger partial charge in [-0.15, -0.1) is 0 Å².